The molecule has 0 saturated carbocycles. The van der Waals surface area contributed by atoms with Crippen LogP contribution in [0.5, 0.6) is 5.75 Å². The average molecular weight is 249 g/mol. The number of methoxy groups -OCH3 is 1. The van der Waals surface area contributed by atoms with E-state index < -0.39 is 6.10 Å². The maximum absolute atomic E-state index is 11.4. The summed E-state index contributed by atoms with van der Waals surface area (Å²) in [5.74, 6) is 0.709. The molecule has 0 saturated heterocycles. The van der Waals surface area contributed by atoms with Crippen LogP contribution in [0.3, 0.4) is 0 Å². The molecule has 0 bridgehead atoms. The van der Waals surface area contributed by atoms with Crippen LogP contribution in [0.25, 0.3) is 0 Å². The molecular formula is C14H19NO3. The maximum Gasteiger partial charge on any atom is 0.220 e. The molecule has 0 unspecified atom stereocenters. The molecule has 18 heavy (non-hydrogen) atoms. The summed E-state index contributed by atoms with van der Waals surface area (Å²) < 4.78 is 5.17. The minimum absolute atomic E-state index is 0.0228. The summed E-state index contributed by atoms with van der Waals surface area (Å²) in [6, 6.07) is 5.53. The predicted molar refractivity (Wildman–Crippen MR) is 68.5 cm³/mol. The number of rotatable bonds is 3. The highest BCUT2D eigenvalue weighted by molar-refractivity contribution is 5.76. The molecule has 0 radical (unpaired) electrons. The van der Waals surface area contributed by atoms with Gasteiger partial charge in [-0.3, -0.25) is 4.79 Å². The van der Waals surface area contributed by atoms with E-state index >= 15 is 0 Å². The Balaban J connectivity index is 2.20. The Bertz CT molecular complexity index is 445. The molecule has 0 fully saturated rings. The van der Waals surface area contributed by atoms with Crippen molar-refractivity contribution in [3.63, 3.8) is 0 Å². The van der Waals surface area contributed by atoms with Crippen LogP contribution in [0.1, 0.15) is 37.0 Å². The van der Waals surface area contributed by atoms with Gasteiger partial charge in [0.2, 0.25) is 5.91 Å². The number of ether oxygens (including phenoxy) is 1. The lowest BCUT2D eigenvalue weighted by Gasteiger charge is -2.31. The van der Waals surface area contributed by atoms with Crippen molar-refractivity contribution in [2.75, 3.05) is 7.11 Å². The molecule has 0 aromatic heterocycles. The summed E-state index contributed by atoms with van der Waals surface area (Å²) in [5, 5.41) is 13.2. The normalized spacial score (nSPS) is 22.2. The third-order valence-electron chi connectivity index (χ3n) is 3.44. The fraction of sp³-hybridized carbons (Fsp3) is 0.500. The minimum Gasteiger partial charge on any atom is -0.497 e. The van der Waals surface area contributed by atoms with Crippen molar-refractivity contribution < 1.29 is 14.6 Å². The SMILES string of the molecule is CCC(=O)N[C@@H]1CCc2ccc(OC)cc2[C@@H]1O. The van der Waals surface area contributed by atoms with E-state index in [1.165, 1.54) is 0 Å². The van der Waals surface area contributed by atoms with Gasteiger partial charge in [0, 0.05) is 6.42 Å². The number of aryl methyl sites for hydroxylation is 1. The van der Waals surface area contributed by atoms with Gasteiger partial charge in [-0.05, 0) is 36.1 Å². The van der Waals surface area contributed by atoms with Gasteiger partial charge in [0.15, 0.2) is 0 Å². The van der Waals surface area contributed by atoms with Crippen LogP contribution in [-0.4, -0.2) is 24.2 Å². The lowest BCUT2D eigenvalue weighted by Crippen LogP contribution is -2.41. The number of hydrogen-bond acceptors (Lipinski definition) is 3. The number of benzene rings is 1. The van der Waals surface area contributed by atoms with Gasteiger partial charge in [0.1, 0.15) is 5.75 Å². The summed E-state index contributed by atoms with van der Waals surface area (Å²) in [6.45, 7) is 1.81. The molecule has 1 aliphatic rings. The first-order valence-electron chi connectivity index (χ1n) is 6.30. The molecule has 1 aromatic rings. The highest BCUT2D eigenvalue weighted by Crippen LogP contribution is 2.32. The van der Waals surface area contributed by atoms with Crippen LogP contribution in [0, 0.1) is 0 Å². The van der Waals surface area contributed by atoms with Crippen LogP contribution < -0.4 is 10.1 Å². The standard InChI is InChI=1S/C14H19NO3/c1-3-13(16)15-12-7-5-9-4-6-10(18-2)8-11(9)14(12)17/h4,6,8,12,14,17H,3,5,7H2,1-2H3,(H,15,16)/t12-,14+/m1/s1. The fourth-order valence-corrected chi connectivity index (χ4v) is 2.35. The van der Waals surface area contributed by atoms with Gasteiger partial charge in [-0.2, -0.15) is 0 Å². The molecule has 0 heterocycles. The quantitative estimate of drug-likeness (QED) is 0.855. The van der Waals surface area contributed by atoms with Gasteiger partial charge < -0.3 is 15.2 Å². The Morgan fingerprint density at radius 1 is 1.56 bits per heavy atom. The van der Waals surface area contributed by atoms with Crippen molar-refractivity contribution in [2.24, 2.45) is 0 Å². The number of carbonyl (C=O) groups excluding carboxylic acids is 1. The molecule has 4 nitrogen and oxygen atoms in total. The molecule has 0 spiro atoms. The number of amides is 1. The summed E-state index contributed by atoms with van der Waals surface area (Å²) in [6.07, 6.45) is 1.42. The Kier molecular flexibility index (Phi) is 3.87. The molecule has 98 valence electrons. The molecule has 1 amide bonds. The molecule has 2 rings (SSSR count). The second kappa shape index (κ2) is 5.40. The van der Waals surface area contributed by atoms with E-state index in [4.69, 9.17) is 4.74 Å². The van der Waals surface area contributed by atoms with E-state index in [1.807, 2.05) is 25.1 Å². The summed E-state index contributed by atoms with van der Waals surface area (Å²) >= 11 is 0. The molecular weight excluding hydrogens is 230 g/mol. The molecule has 0 aliphatic heterocycles. The number of aliphatic hydroxyl groups is 1. The van der Waals surface area contributed by atoms with Crippen molar-refractivity contribution in [1.29, 1.82) is 0 Å². The summed E-state index contributed by atoms with van der Waals surface area (Å²) in [5.41, 5.74) is 1.99. The van der Waals surface area contributed by atoms with Crippen molar-refractivity contribution in [2.45, 2.75) is 38.3 Å². The highest BCUT2D eigenvalue weighted by Gasteiger charge is 2.29. The third kappa shape index (κ3) is 2.48. The average Bonchev–Trinajstić information content (AvgIpc) is 2.41. The van der Waals surface area contributed by atoms with E-state index in [-0.39, 0.29) is 11.9 Å². The maximum atomic E-state index is 11.4. The monoisotopic (exact) mass is 249 g/mol. The summed E-state index contributed by atoms with van der Waals surface area (Å²) in [4.78, 5) is 11.4. The topological polar surface area (TPSA) is 58.6 Å². The molecule has 2 N–H and O–H groups in total. The second-order valence-electron chi connectivity index (χ2n) is 4.58. The van der Waals surface area contributed by atoms with Gasteiger partial charge in [-0.1, -0.05) is 13.0 Å². The number of hydrogen-bond donors (Lipinski definition) is 2. The molecule has 2 atom stereocenters. The van der Waals surface area contributed by atoms with E-state index in [1.54, 1.807) is 7.11 Å². The van der Waals surface area contributed by atoms with E-state index in [2.05, 4.69) is 5.32 Å². The van der Waals surface area contributed by atoms with Crippen molar-refractivity contribution in [1.82, 2.24) is 5.32 Å². The molecule has 4 heteroatoms. The first-order valence-corrected chi connectivity index (χ1v) is 6.30. The summed E-state index contributed by atoms with van der Waals surface area (Å²) in [7, 11) is 1.60. The molecule has 1 aliphatic carbocycles. The Hall–Kier alpha value is -1.55. The zero-order valence-corrected chi connectivity index (χ0v) is 10.8. The first-order chi connectivity index (χ1) is 8.65. The third-order valence-corrected chi connectivity index (χ3v) is 3.44. The molecule has 1 aromatic carbocycles. The van der Waals surface area contributed by atoms with E-state index in [0.717, 1.165) is 29.7 Å². The number of fused-ring (bicyclic) bond motifs is 1. The predicted octanol–water partition coefficient (Wildman–Crippen LogP) is 1.57. The van der Waals surface area contributed by atoms with E-state index in [0.29, 0.717) is 6.42 Å². The van der Waals surface area contributed by atoms with Crippen molar-refractivity contribution >= 4 is 5.91 Å². The van der Waals surface area contributed by atoms with Crippen LogP contribution in [0.4, 0.5) is 0 Å². The number of aliphatic hydroxyl groups excluding tert-OH is 1. The second-order valence-corrected chi connectivity index (χ2v) is 4.58. The van der Waals surface area contributed by atoms with Crippen LogP contribution in [0.2, 0.25) is 0 Å². The minimum atomic E-state index is -0.653. The van der Waals surface area contributed by atoms with Gasteiger partial charge in [0.05, 0.1) is 19.3 Å². The zero-order chi connectivity index (χ0) is 13.1. The Morgan fingerprint density at radius 2 is 2.33 bits per heavy atom. The first kappa shape index (κ1) is 12.9. The highest BCUT2D eigenvalue weighted by atomic mass is 16.5. The van der Waals surface area contributed by atoms with Crippen LogP contribution in [-0.2, 0) is 11.2 Å². The fourth-order valence-electron chi connectivity index (χ4n) is 2.35. The van der Waals surface area contributed by atoms with Crippen molar-refractivity contribution in [3.05, 3.63) is 29.3 Å². The lowest BCUT2D eigenvalue weighted by molar-refractivity contribution is -0.122. The zero-order valence-electron chi connectivity index (χ0n) is 10.8. The number of nitrogens with one attached hydrogen (secondary N) is 1. The van der Waals surface area contributed by atoms with Gasteiger partial charge in [-0.15, -0.1) is 0 Å². The Labute approximate surface area is 107 Å². The van der Waals surface area contributed by atoms with Gasteiger partial charge in [-0.25, -0.2) is 0 Å². The van der Waals surface area contributed by atoms with Crippen LogP contribution in [0.15, 0.2) is 18.2 Å². The number of carbonyl (C=O) groups is 1. The van der Waals surface area contributed by atoms with Gasteiger partial charge in [0.25, 0.3) is 0 Å². The van der Waals surface area contributed by atoms with Gasteiger partial charge >= 0.3 is 0 Å². The van der Waals surface area contributed by atoms with Crippen LogP contribution >= 0.6 is 0 Å². The van der Waals surface area contributed by atoms with Crippen molar-refractivity contribution in [3.8, 4) is 5.75 Å². The largest absolute Gasteiger partial charge is 0.497 e. The lowest BCUT2D eigenvalue weighted by atomic mass is 9.85. The van der Waals surface area contributed by atoms with E-state index in [9.17, 15) is 9.90 Å². The Morgan fingerprint density at radius 3 is 3.00 bits per heavy atom. The smallest absolute Gasteiger partial charge is 0.220 e.